The van der Waals surface area contributed by atoms with Crippen molar-refractivity contribution in [3.63, 3.8) is 0 Å². The second-order valence-electron chi connectivity index (χ2n) is 6.46. The SMILES string of the molecule is Cc1ccc(CN2CCC(Nc3nc(C4CC4)ns3)C2=O)cc1. The summed E-state index contributed by atoms with van der Waals surface area (Å²) in [5, 5.41) is 4.05. The first-order chi connectivity index (χ1) is 11.2. The average Bonchev–Trinajstić information content (AvgIpc) is 3.22. The molecule has 1 aliphatic heterocycles. The van der Waals surface area contributed by atoms with E-state index in [1.54, 1.807) is 0 Å². The minimum Gasteiger partial charge on any atom is -0.348 e. The molecule has 2 fully saturated rings. The molecule has 1 unspecified atom stereocenters. The lowest BCUT2D eigenvalue weighted by molar-refractivity contribution is -0.128. The fraction of sp³-hybridized carbons (Fsp3) is 0.471. The predicted molar refractivity (Wildman–Crippen MR) is 90.5 cm³/mol. The van der Waals surface area contributed by atoms with Crippen LogP contribution in [0.15, 0.2) is 24.3 Å². The van der Waals surface area contributed by atoms with Gasteiger partial charge < -0.3 is 10.2 Å². The summed E-state index contributed by atoms with van der Waals surface area (Å²) >= 11 is 1.37. The summed E-state index contributed by atoms with van der Waals surface area (Å²) in [5.74, 6) is 1.66. The topological polar surface area (TPSA) is 58.1 Å². The van der Waals surface area contributed by atoms with Crippen LogP contribution in [0.4, 0.5) is 5.13 Å². The number of nitrogens with one attached hydrogen (secondary N) is 1. The minimum atomic E-state index is -0.166. The molecule has 1 aliphatic carbocycles. The average molecular weight is 328 g/mol. The van der Waals surface area contributed by atoms with E-state index in [0.717, 1.165) is 23.9 Å². The van der Waals surface area contributed by atoms with Gasteiger partial charge in [-0.05, 0) is 31.7 Å². The highest BCUT2D eigenvalue weighted by Gasteiger charge is 2.33. The Morgan fingerprint density at radius 2 is 2.04 bits per heavy atom. The van der Waals surface area contributed by atoms with Crippen molar-refractivity contribution >= 4 is 22.6 Å². The third-order valence-electron chi connectivity index (χ3n) is 4.47. The van der Waals surface area contributed by atoms with Crippen LogP contribution in [0, 0.1) is 6.92 Å². The summed E-state index contributed by atoms with van der Waals surface area (Å²) in [6.07, 6.45) is 3.22. The summed E-state index contributed by atoms with van der Waals surface area (Å²) in [5.41, 5.74) is 2.42. The van der Waals surface area contributed by atoms with Gasteiger partial charge in [0.05, 0.1) is 0 Å². The smallest absolute Gasteiger partial charge is 0.245 e. The summed E-state index contributed by atoms with van der Waals surface area (Å²) in [6, 6.07) is 8.20. The summed E-state index contributed by atoms with van der Waals surface area (Å²) in [4.78, 5) is 19.0. The van der Waals surface area contributed by atoms with Crippen molar-refractivity contribution in [2.75, 3.05) is 11.9 Å². The van der Waals surface area contributed by atoms with Crippen molar-refractivity contribution in [3.05, 3.63) is 41.2 Å². The van der Waals surface area contributed by atoms with E-state index in [9.17, 15) is 4.79 Å². The van der Waals surface area contributed by atoms with Crippen molar-refractivity contribution in [2.45, 2.75) is 44.7 Å². The molecule has 0 spiro atoms. The van der Waals surface area contributed by atoms with Gasteiger partial charge in [0.25, 0.3) is 0 Å². The Hall–Kier alpha value is -1.95. The van der Waals surface area contributed by atoms with Crippen LogP contribution in [0.3, 0.4) is 0 Å². The molecule has 0 radical (unpaired) electrons. The largest absolute Gasteiger partial charge is 0.348 e. The first kappa shape index (κ1) is 14.6. The van der Waals surface area contributed by atoms with Gasteiger partial charge in [-0.15, -0.1) is 0 Å². The first-order valence-corrected chi connectivity index (χ1v) is 8.91. The normalized spacial score (nSPS) is 21.0. The highest BCUT2D eigenvalue weighted by molar-refractivity contribution is 7.09. The molecule has 1 saturated carbocycles. The molecule has 5 nitrogen and oxygen atoms in total. The van der Waals surface area contributed by atoms with Crippen LogP contribution < -0.4 is 5.32 Å². The van der Waals surface area contributed by atoms with Crippen molar-refractivity contribution in [1.82, 2.24) is 14.3 Å². The maximum atomic E-state index is 12.6. The molecule has 2 heterocycles. The minimum absolute atomic E-state index is 0.161. The van der Waals surface area contributed by atoms with E-state index < -0.39 is 0 Å². The molecule has 2 aromatic rings. The zero-order valence-electron chi connectivity index (χ0n) is 13.2. The molecule has 2 aliphatic rings. The van der Waals surface area contributed by atoms with Crippen LogP contribution in [0.1, 0.15) is 42.1 Å². The Morgan fingerprint density at radius 1 is 1.26 bits per heavy atom. The number of benzene rings is 1. The number of rotatable bonds is 5. The lowest BCUT2D eigenvalue weighted by Gasteiger charge is -2.17. The molecule has 1 N–H and O–H groups in total. The molecule has 1 atom stereocenters. The molecule has 1 aromatic carbocycles. The molecule has 6 heteroatoms. The lowest BCUT2D eigenvalue weighted by atomic mass is 10.1. The maximum absolute atomic E-state index is 12.6. The van der Waals surface area contributed by atoms with Crippen LogP contribution in [-0.4, -0.2) is 32.8 Å². The van der Waals surface area contributed by atoms with E-state index in [2.05, 4.69) is 45.9 Å². The van der Waals surface area contributed by atoms with Gasteiger partial charge in [-0.3, -0.25) is 4.79 Å². The van der Waals surface area contributed by atoms with Gasteiger partial charge in [-0.25, -0.2) is 4.98 Å². The molecule has 4 rings (SSSR count). The van der Waals surface area contributed by atoms with Crippen molar-refractivity contribution in [3.8, 4) is 0 Å². The number of anilines is 1. The van der Waals surface area contributed by atoms with Crippen molar-refractivity contribution in [1.29, 1.82) is 0 Å². The maximum Gasteiger partial charge on any atom is 0.245 e. The quantitative estimate of drug-likeness (QED) is 0.917. The van der Waals surface area contributed by atoms with Crippen molar-refractivity contribution in [2.24, 2.45) is 0 Å². The highest BCUT2D eigenvalue weighted by atomic mass is 32.1. The standard InChI is InChI=1S/C17H20N4OS/c1-11-2-4-12(5-3-11)10-21-9-8-14(16(21)22)18-17-19-15(20-23-17)13-6-7-13/h2-5,13-14H,6-10H2,1H3,(H,18,19,20). The highest BCUT2D eigenvalue weighted by Crippen LogP contribution is 2.39. The molecular weight excluding hydrogens is 308 g/mol. The van der Waals surface area contributed by atoms with Gasteiger partial charge in [0.2, 0.25) is 11.0 Å². The summed E-state index contributed by atoms with van der Waals surface area (Å²) in [7, 11) is 0. The van der Waals surface area contributed by atoms with E-state index in [-0.39, 0.29) is 11.9 Å². The number of amides is 1. The van der Waals surface area contributed by atoms with Gasteiger partial charge in [-0.1, -0.05) is 29.8 Å². The zero-order valence-corrected chi connectivity index (χ0v) is 14.0. The third kappa shape index (κ3) is 3.22. The second kappa shape index (κ2) is 5.92. The van der Waals surface area contributed by atoms with Crippen LogP contribution in [0.5, 0.6) is 0 Å². The van der Waals surface area contributed by atoms with E-state index in [1.807, 2.05) is 4.90 Å². The number of hydrogen-bond acceptors (Lipinski definition) is 5. The Morgan fingerprint density at radius 3 is 2.78 bits per heavy atom. The summed E-state index contributed by atoms with van der Waals surface area (Å²) < 4.78 is 4.38. The number of aromatic nitrogens is 2. The molecule has 23 heavy (non-hydrogen) atoms. The summed E-state index contributed by atoms with van der Waals surface area (Å²) in [6.45, 7) is 3.54. The molecule has 1 aromatic heterocycles. The van der Waals surface area contributed by atoms with Gasteiger partial charge in [0.15, 0.2) is 0 Å². The van der Waals surface area contributed by atoms with E-state index >= 15 is 0 Å². The fourth-order valence-corrected chi connectivity index (χ4v) is 3.59. The monoisotopic (exact) mass is 328 g/mol. The Balaban J connectivity index is 1.37. The Kier molecular flexibility index (Phi) is 3.77. The number of nitrogens with zero attached hydrogens (tertiary/aromatic N) is 3. The fourth-order valence-electron chi connectivity index (χ4n) is 2.89. The first-order valence-electron chi connectivity index (χ1n) is 8.13. The van der Waals surface area contributed by atoms with Crippen molar-refractivity contribution < 1.29 is 4.79 Å². The zero-order chi connectivity index (χ0) is 15.8. The number of hydrogen-bond donors (Lipinski definition) is 1. The molecule has 120 valence electrons. The van der Waals surface area contributed by atoms with E-state index in [1.165, 1.54) is 35.5 Å². The van der Waals surface area contributed by atoms with Crippen LogP contribution >= 0.6 is 11.5 Å². The van der Waals surface area contributed by atoms with Gasteiger partial charge in [-0.2, -0.15) is 4.37 Å². The van der Waals surface area contributed by atoms with Crippen LogP contribution in [0.2, 0.25) is 0 Å². The van der Waals surface area contributed by atoms with Crippen LogP contribution in [0.25, 0.3) is 0 Å². The molecular formula is C17H20N4OS. The van der Waals surface area contributed by atoms with Crippen LogP contribution in [-0.2, 0) is 11.3 Å². The predicted octanol–water partition coefficient (Wildman–Crippen LogP) is 2.94. The second-order valence-corrected chi connectivity index (χ2v) is 7.21. The molecule has 0 bridgehead atoms. The Labute approximate surface area is 139 Å². The van der Waals surface area contributed by atoms with E-state index in [0.29, 0.717) is 12.5 Å². The number of likely N-dealkylation sites (tertiary alicyclic amines) is 1. The number of carbonyl (C=O) groups is 1. The number of aryl methyl sites for hydroxylation is 1. The molecule has 1 saturated heterocycles. The number of carbonyl (C=O) groups excluding carboxylic acids is 1. The van der Waals surface area contributed by atoms with E-state index in [4.69, 9.17) is 0 Å². The lowest BCUT2D eigenvalue weighted by Crippen LogP contribution is -2.33. The molecule has 1 amide bonds. The Bertz CT molecular complexity index is 708. The van der Waals surface area contributed by atoms with Gasteiger partial charge in [0, 0.05) is 30.5 Å². The third-order valence-corrected chi connectivity index (χ3v) is 5.13. The van der Waals surface area contributed by atoms with Gasteiger partial charge in [0.1, 0.15) is 11.9 Å². The van der Waals surface area contributed by atoms with Gasteiger partial charge >= 0.3 is 0 Å².